The second kappa shape index (κ2) is 9.09. The van der Waals surface area contributed by atoms with Crippen molar-refractivity contribution in [3.8, 4) is 5.69 Å². The van der Waals surface area contributed by atoms with Gasteiger partial charge in [-0.3, -0.25) is 9.36 Å². The standard InChI is InChI=1S/C19H23FN4O3S/c1-3-27-19(26)23-10-8-14(9-11-23)22-17(25)16-12-21-18(28-2)24(16)15-6-4-13(20)5-7-15/h4-7,12,14H,3,8-11H2,1-2H3,(H,22,25). The van der Waals surface area contributed by atoms with Gasteiger partial charge in [0.2, 0.25) is 0 Å². The Morgan fingerprint density at radius 1 is 1.29 bits per heavy atom. The van der Waals surface area contributed by atoms with Crippen molar-refractivity contribution in [3.63, 3.8) is 0 Å². The van der Waals surface area contributed by atoms with E-state index in [4.69, 9.17) is 4.74 Å². The third kappa shape index (κ3) is 4.46. The van der Waals surface area contributed by atoms with E-state index in [1.165, 1.54) is 30.1 Å². The first-order valence-corrected chi connectivity index (χ1v) is 10.4. The van der Waals surface area contributed by atoms with E-state index in [2.05, 4.69) is 10.3 Å². The SMILES string of the molecule is CCOC(=O)N1CCC(NC(=O)c2cnc(SC)n2-c2ccc(F)cc2)CC1. The first-order chi connectivity index (χ1) is 13.5. The van der Waals surface area contributed by atoms with Gasteiger partial charge in [-0.05, 0) is 50.3 Å². The Balaban J connectivity index is 1.69. The number of nitrogens with zero attached hydrogens (tertiary/aromatic N) is 3. The van der Waals surface area contributed by atoms with Crippen LogP contribution in [-0.4, -0.2) is 58.4 Å². The number of amides is 2. The van der Waals surface area contributed by atoms with Crippen molar-refractivity contribution >= 4 is 23.8 Å². The number of piperidine rings is 1. The molecule has 1 aliphatic heterocycles. The van der Waals surface area contributed by atoms with Crippen LogP contribution < -0.4 is 5.32 Å². The molecule has 0 spiro atoms. The fourth-order valence-corrected chi connectivity index (χ4v) is 3.70. The monoisotopic (exact) mass is 406 g/mol. The van der Waals surface area contributed by atoms with Crippen LogP contribution in [0.5, 0.6) is 0 Å². The van der Waals surface area contributed by atoms with E-state index in [1.807, 2.05) is 6.26 Å². The van der Waals surface area contributed by atoms with Crippen molar-refractivity contribution in [1.82, 2.24) is 19.8 Å². The number of ether oxygens (including phenoxy) is 1. The number of thioether (sulfide) groups is 1. The van der Waals surface area contributed by atoms with Gasteiger partial charge in [0.25, 0.3) is 5.91 Å². The van der Waals surface area contributed by atoms with Gasteiger partial charge < -0.3 is 15.0 Å². The fourth-order valence-electron chi connectivity index (χ4n) is 3.16. The Hall–Kier alpha value is -2.55. The number of carbonyl (C=O) groups excluding carboxylic acids is 2. The molecule has 1 aromatic heterocycles. The summed E-state index contributed by atoms with van der Waals surface area (Å²) in [5.74, 6) is -0.583. The molecule has 1 fully saturated rings. The molecule has 0 aliphatic carbocycles. The summed E-state index contributed by atoms with van der Waals surface area (Å²) in [7, 11) is 0. The molecule has 7 nitrogen and oxygen atoms in total. The average Bonchev–Trinajstić information content (AvgIpc) is 3.13. The quantitative estimate of drug-likeness (QED) is 0.773. The zero-order chi connectivity index (χ0) is 20.1. The second-order valence-corrected chi connectivity index (χ2v) is 7.15. The van der Waals surface area contributed by atoms with Crippen molar-refractivity contribution in [1.29, 1.82) is 0 Å². The van der Waals surface area contributed by atoms with Gasteiger partial charge >= 0.3 is 6.09 Å². The molecular weight excluding hydrogens is 383 g/mol. The van der Waals surface area contributed by atoms with Crippen molar-refractivity contribution < 1.29 is 18.7 Å². The number of nitrogens with one attached hydrogen (secondary N) is 1. The average molecular weight is 406 g/mol. The highest BCUT2D eigenvalue weighted by atomic mass is 32.2. The minimum Gasteiger partial charge on any atom is -0.450 e. The molecule has 9 heteroatoms. The highest BCUT2D eigenvalue weighted by molar-refractivity contribution is 7.98. The van der Waals surface area contributed by atoms with Crippen LogP contribution in [-0.2, 0) is 4.74 Å². The van der Waals surface area contributed by atoms with Crippen molar-refractivity contribution in [2.45, 2.75) is 31.0 Å². The van der Waals surface area contributed by atoms with Gasteiger partial charge in [0.1, 0.15) is 11.5 Å². The number of hydrogen-bond acceptors (Lipinski definition) is 5. The lowest BCUT2D eigenvalue weighted by Crippen LogP contribution is -2.47. The van der Waals surface area contributed by atoms with Gasteiger partial charge in [0.15, 0.2) is 5.16 Å². The van der Waals surface area contributed by atoms with E-state index >= 15 is 0 Å². The molecule has 2 amide bonds. The smallest absolute Gasteiger partial charge is 0.409 e. The molecule has 1 aromatic carbocycles. The molecule has 2 heterocycles. The topological polar surface area (TPSA) is 76.5 Å². The summed E-state index contributed by atoms with van der Waals surface area (Å²) in [5, 5.41) is 3.67. The molecule has 1 aliphatic rings. The maximum atomic E-state index is 13.3. The second-order valence-electron chi connectivity index (χ2n) is 6.38. The number of halogens is 1. The van der Waals surface area contributed by atoms with Crippen molar-refractivity contribution in [2.24, 2.45) is 0 Å². The first-order valence-electron chi connectivity index (χ1n) is 9.13. The minimum absolute atomic E-state index is 0.0347. The Bertz CT molecular complexity index is 832. The first kappa shape index (κ1) is 20.2. The van der Waals surface area contributed by atoms with Gasteiger partial charge in [-0.1, -0.05) is 11.8 Å². The molecule has 0 radical (unpaired) electrons. The van der Waals surface area contributed by atoms with E-state index < -0.39 is 0 Å². The number of hydrogen-bond donors (Lipinski definition) is 1. The normalized spacial score (nSPS) is 14.8. The molecule has 0 unspecified atom stereocenters. The van der Waals surface area contributed by atoms with E-state index in [0.717, 1.165) is 0 Å². The molecule has 1 N–H and O–H groups in total. The van der Waals surface area contributed by atoms with E-state index in [9.17, 15) is 14.0 Å². The van der Waals surface area contributed by atoms with E-state index in [-0.39, 0.29) is 23.9 Å². The van der Waals surface area contributed by atoms with Gasteiger partial charge in [-0.15, -0.1) is 0 Å². The highest BCUT2D eigenvalue weighted by Gasteiger charge is 2.26. The molecular formula is C19H23FN4O3S. The number of rotatable bonds is 5. The van der Waals surface area contributed by atoms with Crippen LogP contribution in [0.25, 0.3) is 5.69 Å². The van der Waals surface area contributed by atoms with Crippen molar-refractivity contribution in [3.05, 3.63) is 42.0 Å². The van der Waals surface area contributed by atoms with Gasteiger partial charge in [-0.25, -0.2) is 14.2 Å². The summed E-state index contributed by atoms with van der Waals surface area (Å²) < 4.78 is 20.0. The van der Waals surface area contributed by atoms with E-state index in [1.54, 1.807) is 28.5 Å². The van der Waals surface area contributed by atoms with E-state index in [0.29, 0.717) is 49.1 Å². The number of imidazole rings is 1. The Kier molecular flexibility index (Phi) is 6.56. The maximum Gasteiger partial charge on any atom is 0.409 e. The van der Waals surface area contributed by atoms with Crippen LogP contribution in [0.2, 0.25) is 0 Å². The highest BCUT2D eigenvalue weighted by Crippen LogP contribution is 2.22. The number of aromatic nitrogens is 2. The third-order valence-corrected chi connectivity index (χ3v) is 5.24. The number of likely N-dealkylation sites (tertiary alicyclic amines) is 1. The molecule has 1 saturated heterocycles. The molecule has 0 bridgehead atoms. The summed E-state index contributed by atoms with van der Waals surface area (Å²) in [6.45, 7) is 3.20. The fraction of sp³-hybridized carbons (Fsp3) is 0.421. The third-order valence-electron chi connectivity index (χ3n) is 4.59. The molecule has 2 aromatic rings. The Labute approximate surface area is 167 Å². The lowest BCUT2D eigenvalue weighted by atomic mass is 10.1. The number of benzene rings is 1. The molecule has 28 heavy (non-hydrogen) atoms. The lowest BCUT2D eigenvalue weighted by molar-refractivity contribution is 0.0855. The van der Waals surface area contributed by atoms with Crippen LogP contribution in [0.4, 0.5) is 9.18 Å². The summed E-state index contributed by atoms with van der Waals surface area (Å²) in [6, 6.07) is 5.90. The van der Waals surface area contributed by atoms with Crippen LogP contribution >= 0.6 is 11.8 Å². The van der Waals surface area contributed by atoms with Crippen LogP contribution in [0.1, 0.15) is 30.3 Å². The molecule has 0 atom stereocenters. The summed E-state index contributed by atoms with van der Waals surface area (Å²) in [5.41, 5.74) is 1.06. The van der Waals surface area contributed by atoms with Gasteiger partial charge in [0.05, 0.1) is 12.8 Å². The lowest BCUT2D eigenvalue weighted by Gasteiger charge is -2.31. The Morgan fingerprint density at radius 3 is 2.57 bits per heavy atom. The summed E-state index contributed by atoms with van der Waals surface area (Å²) in [6.07, 6.45) is 4.40. The molecule has 0 saturated carbocycles. The zero-order valence-electron chi connectivity index (χ0n) is 15.9. The Morgan fingerprint density at radius 2 is 1.96 bits per heavy atom. The predicted octanol–water partition coefficient (Wildman–Crippen LogP) is 3.08. The minimum atomic E-state index is -0.339. The van der Waals surface area contributed by atoms with Crippen LogP contribution in [0, 0.1) is 5.82 Å². The number of carbonyl (C=O) groups is 2. The summed E-state index contributed by atoms with van der Waals surface area (Å²) in [4.78, 5) is 30.6. The summed E-state index contributed by atoms with van der Waals surface area (Å²) >= 11 is 1.41. The molecule has 150 valence electrons. The van der Waals surface area contributed by atoms with Crippen molar-refractivity contribution in [2.75, 3.05) is 26.0 Å². The maximum absolute atomic E-state index is 13.3. The predicted molar refractivity (Wildman–Crippen MR) is 104 cm³/mol. The molecule has 3 rings (SSSR count). The van der Waals surface area contributed by atoms with Gasteiger partial charge in [0, 0.05) is 24.8 Å². The zero-order valence-corrected chi connectivity index (χ0v) is 16.7. The van der Waals surface area contributed by atoms with Gasteiger partial charge in [-0.2, -0.15) is 0 Å². The largest absolute Gasteiger partial charge is 0.450 e. The van der Waals surface area contributed by atoms with Crippen LogP contribution in [0.15, 0.2) is 35.6 Å². The van der Waals surface area contributed by atoms with Crippen LogP contribution in [0.3, 0.4) is 0 Å².